The standard InChI is InChI=1S/C20H20ClN5/c1-3-25(4-2)20-24-23-18-13-22-19(14-8-6-5-7-9-14)16-12-15(21)10-11-17(16)26(18)20/h5-12H,3-4,13H2,1-2H3. The fourth-order valence-corrected chi connectivity index (χ4v) is 3.51. The van der Waals surface area contributed by atoms with Gasteiger partial charge in [-0.1, -0.05) is 41.9 Å². The van der Waals surface area contributed by atoms with Crippen LogP contribution >= 0.6 is 11.6 Å². The third-order valence-corrected chi connectivity index (χ3v) is 4.87. The molecule has 1 aliphatic heterocycles. The number of rotatable bonds is 4. The second-order valence-corrected chi connectivity index (χ2v) is 6.55. The third-order valence-electron chi connectivity index (χ3n) is 4.64. The van der Waals surface area contributed by atoms with Crippen LogP contribution in [0.4, 0.5) is 5.95 Å². The second-order valence-electron chi connectivity index (χ2n) is 6.12. The van der Waals surface area contributed by atoms with Crippen molar-refractivity contribution in [2.75, 3.05) is 18.0 Å². The smallest absolute Gasteiger partial charge is 0.231 e. The highest BCUT2D eigenvalue weighted by Gasteiger charge is 2.24. The van der Waals surface area contributed by atoms with Crippen molar-refractivity contribution in [2.24, 2.45) is 4.99 Å². The number of fused-ring (bicyclic) bond motifs is 3. The van der Waals surface area contributed by atoms with Gasteiger partial charge in [-0.05, 0) is 32.0 Å². The minimum Gasteiger partial charge on any atom is -0.341 e. The summed E-state index contributed by atoms with van der Waals surface area (Å²) in [6.45, 7) is 6.45. The Bertz CT molecular complexity index is 958. The van der Waals surface area contributed by atoms with Crippen LogP contribution in [-0.2, 0) is 6.54 Å². The molecular weight excluding hydrogens is 346 g/mol. The molecule has 0 saturated heterocycles. The van der Waals surface area contributed by atoms with E-state index in [0.717, 1.165) is 47.4 Å². The van der Waals surface area contributed by atoms with E-state index in [1.807, 2.05) is 36.4 Å². The van der Waals surface area contributed by atoms with Crippen molar-refractivity contribution < 1.29 is 0 Å². The normalized spacial score (nSPS) is 12.8. The molecule has 0 aliphatic carbocycles. The molecule has 2 heterocycles. The predicted octanol–water partition coefficient (Wildman–Crippen LogP) is 4.12. The molecule has 3 aromatic rings. The van der Waals surface area contributed by atoms with E-state index in [4.69, 9.17) is 16.6 Å². The average molecular weight is 366 g/mol. The molecule has 0 fully saturated rings. The lowest BCUT2D eigenvalue weighted by atomic mass is 10.0. The first kappa shape index (κ1) is 16.8. The molecule has 0 saturated carbocycles. The van der Waals surface area contributed by atoms with Gasteiger partial charge in [-0.2, -0.15) is 0 Å². The van der Waals surface area contributed by atoms with Crippen molar-refractivity contribution in [1.82, 2.24) is 14.8 Å². The van der Waals surface area contributed by atoms with Gasteiger partial charge in [-0.25, -0.2) is 0 Å². The van der Waals surface area contributed by atoms with E-state index in [2.05, 4.69) is 45.6 Å². The lowest BCUT2D eigenvalue weighted by Gasteiger charge is -2.21. The largest absolute Gasteiger partial charge is 0.341 e. The molecule has 0 atom stereocenters. The summed E-state index contributed by atoms with van der Waals surface area (Å²) in [6, 6.07) is 16.1. The van der Waals surface area contributed by atoms with E-state index in [9.17, 15) is 0 Å². The van der Waals surface area contributed by atoms with Gasteiger partial charge in [0.25, 0.3) is 0 Å². The van der Waals surface area contributed by atoms with Gasteiger partial charge in [-0.3, -0.25) is 9.56 Å². The monoisotopic (exact) mass is 365 g/mol. The van der Waals surface area contributed by atoms with Crippen LogP contribution in [0.15, 0.2) is 53.5 Å². The zero-order valence-corrected chi connectivity index (χ0v) is 15.6. The maximum Gasteiger partial charge on any atom is 0.231 e. The molecule has 0 bridgehead atoms. The van der Waals surface area contributed by atoms with Crippen LogP contribution < -0.4 is 4.90 Å². The quantitative estimate of drug-likeness (QED) is 0.698. The number of hydrogen-bond donors (Lipinski definition) is 0. The molecule has 0 radical (unpaired) electrons. The Morgan fingerprint density at radius 1 is 1.04 bits per heavy atom. The summed E-state index contributed by atoms with van der Waals surface area (Å²) in [5, 5.41) is 9.54. The molecule has 0 N–H and O–H groups in total. The summed E-state index contributed by atoms with van der Waals surface area (Å²) in [6.07, 6.45) is 0. The Balaban J connectivity index is 1.95. The van der Waals surface area contributed by atoms with Crippen LogP contribution in [-0.4, -0.2) is 33.6 Å². The first-order valence-corrected chi connectivity index (χ1v) is 9.20. The lowest BCUT2D eigenvalue weighted by Crippen LogP contribution is -2.25. The lowest BCUT2D eigenvalue weighted by molar-refractivity contribution is 0.795. The van der Waals surface area contributed by atoms with Gasteiger partial charge < -0.3 is 4.90 Å². The molecule has 0 spiro atoms. The van der Waals surface area contributed by atoms with Crippen LogP contribution in [0.25, 0.3) is 5.69 Å². The Labute approximate surface area is 158 Å². The van der Waals surface area contributed by atoms with E-state index in [0.29, 0.717) is 11.6 Å². The number of aromatic nitrogens is 3. The summed E-state index contributed by atoms with van der Waals surface area (Å²) in [4.78, 5) is 7.05. The van der Waals surface area contributed by atoms with E-state index in [-0.39, 0.29) is 0 Å². The molecule has 132 valence electrons. The maximum atomic E-state index is 6.33. The first-order valence-electron chi connectivity index (χ1n) is 8.82. The topological polar surface area (TPSA) is 46.3 Å². The van der Waals surface area contributed by atoms with E-state index >= 15 is 0 Å². The molecule has 2 aromatic carbocycles. The second kappa shape index (κ2) is 6.92. The van der Waals surface area contributed by atoms with Gasteiger partial charge in [0.05, 0.1) is 11.4 Å². The van der Waals surface area contributed by atoms with E-state index in [1.54, 1.807) is 0 Å². The third kappa shape index (κ3) is 2.78. The van der Waals surface area contributed by atoms with Gasteiger partial charge in [0.15, 0.2) is 5.82 Å². The number of anilines is 1. The van der Waals surface area contributed by atoms with Crippen molar-refractivity contribution in [1.29, 1.82) is 0 Å². The molecule has 26 heavy (non-hydrogen) atoms. The zero-order valence-electron chi connectivity index (χ0n) is 14.9. The maximum absolute atomic E-state index is 6.33. The zero-order chi connectivity index (χ0) is 18.1. The Morgan fingerprint density at radius 2 is 1.81 bits per heavy atom. The number of nitrogens with zero attached hydrogens (tertiary/aromatic N) is 5. The van der Waals surface area contributed by atoms with Gasteiger partial charge in [0.2, 0.25) is 5.95 Å². The number of hydrogen-bond acceptors (Lipinski definition) is 4. The summed E-state index contributed by atoms with van der Waals surface area (Å²) in [5.41, 5.74) is 4.00. The number of halogens is 1. The summed E-state index contributed by atoms with van der Waals surface area (Å²) in [7, 11) is 0. The Hall–Kier alpha value is -2.66. The van der Waals surface area contributed by atoms with Crippen molar-refractivity contribution >= 4 is 23.3 Å². The first-order chi connectivity index (χ1) is 12.7. The highest BCUT2D eigenvalue weighted by molar-refractivity contribution is 6.31. The predicted molar refractivity (Wildman–Crippen MR) is 106 cm³/mol. The highest BCUT2D eigenvalue weighted by Crippen LogP contribution is 2.30. The number of aliphatic imine (C=N–C) groups is 1. The van der Waals surface area contributed by atoms with Crippen molar-refractivity contribution in [3.8, 4) is 5.69 Å². The van der Waals surface area contributed by atoms with Gasteiger partial charge >= 0.3 is 0 Å². The molecule has 1 aliphatic rings. The van der Waals surface area contributed by atoms with E-state index in [1.165, 1.54) is 0 Å². The molecule has 0 amide bonds. The molecule has 5 nitrogen and oxygen atoms in total. The summed E-state index contributed by atoms with van der Waals surface area (Å²) < 4.78 is 2.11. The van der Waals surface area contributed by atoms with Crippen LogP contribution in [0, 0.1) is 0 Å². The Kier molecular flexibility index (Phi) is 4.47. The SMILES string of the molecule is CCN(CC)c1nnc2n1-c1ccc(Cl)cc1C(c1ccccc1)=NC2. The molecule has 4 rings (SSSR count). The van der Waals surface area contributed by atoms with Crippen LogP contribution in [0.2, 0.25) is 5.02 Å². The number of benzene rings is 2. The van der Waals surface area contributed by atoms with Gasteiger partial charge in [0, 0.05) is 29.2 Å². The summed E-state index contributed by atoms with van der Waals surface area (Å²) >= 11 is 6.33. The van der Waals surface area contributed by atoms with Crippen molar-refractivity contribution in [3.05, 3.63) is 70.5 Å². The summed E-state index contributed by atoms with van der Waals surface area (Å²) in [5.74, 6) is 1.68. The molecule has 6 heteroatoms. The van der Waals surface area contributed by atoms with Crippen molar-refractivity contribution in [3.63, 3.8) is 0 Å². The fourth-order valence-electron chi connectivity index (χ4n) is 3.34. The van der Waals surface area contributed by atoms with Crippen LogP contribution in [0.1, 0.15) is 30.8 Å². The van der Waals surface area contributed by atoms with E-state index < -0.39 is 0 Å². The minimum absolute atomic E-state index is 0.477. The van der Waals surface area contributed by atoms with Crippen LogP contribution in [0.5, 0.6) is 0 Å². The Morgan fingerprint density at radius 3 is 2.54 bits per heavy atom. The molecular formula is C20H20ClN5. The van der Waals surface area contributed by atoms with Crippen molar-refractivity contribution in [2.45, 2.75) is 20.4 Å². The van der Waals surface area contributed by atoms with Crippen LogP contribution in [0.3, 0.4) is 0 Å². The van der Waals surface area contributed by atoms with Gasteiger partial charge in [-0.15, -0.1) is 10.2 Å². The highest BCUT2D eigenvalue weighted by atomic mass is 35.5. The van der Waals surface area contributed by atoms with Gasteiger partial charge in [0.1, 0.15) is 6.54 Å². The minimum atomic E-state index is 0.477. The average Bonchev–Trinajstić information content (AvgIpc) is 3.00. The molecule has 0 unspecified atom stereocenters. The fraction of sp³-hybridized carbons (Fsp3) is 0.250. The molecule has 1 aromatic heterocycles.